The Hall–Kier alpha value is -5.23. The first-order chi connectivity index (χ1) is 19.8. The summed E-state index contributed by atoms with van der Waals surface area (Å²) in [5.74, 6) is -1.91. The summed E-state index contributed by atoms with van der Waals surface area (Å²) in [6, 6.07) is 18.5. The number of hydrogen-bond donors (Lipinski definition) is 4. The van der Waals surface area contributed by atoms with Gasteiger partial charge in [-0.3, -0.25) is 19.3 Å². The van der Waals surface area contributed by atoms with Crippen molar-refractivity contribution in [1.29, 1.82) is 0 Å². The van der Waals surface area contributed by atoms with Crippen molar-refractivity contribution in [2.45, 2.75) is 12.6 Å². The molecule has 0 spiro atoms. The van der Waals surface area contributed by atoms with E-state index in [0.717, 1.165) is 22.4 Å². The molecule has 0 saturated carbocycles. The molecule has 41 heavy (non-hydrogen) atoms. The third kappa shape index (κ3) is 5.45. The largest absolute Gasteiger partial charge is 0.497 e. The number of methoxy groups -OCH3 is 1. The number of aromatic amines is 1. The predicted molar refractivity (Wildman–Crippen MR) is 154 cm³/mol. The van der Waals surface area contributed by atoms with Gasteiger partial charge in [0.25, 0.3) is 11.8 Å². The Bertz CT molecular complexity index is 1730. The number of rotatable bonds is 9. The van der Waals surface area contributed by atoms with Gasteiger partial charge in [0, 0.05) is 34.9 Å². The molecule has 12 heteroatoms. The van der Waals surface area contributed by atoms with Crippen molar-refractivity contribution in [3.05, 3.63) is 107 Å². The lowest BCUT2D eigenvalue weighted by molar-refractivity contribution is -0.122. The zero-order valence-corrected chi connectivity index (χ0v) is 22.6. The van der Waals surface area contributed by atoms with E-state index >= 15 is 0 Å². The number of benzene rings is 3. The second kappa shape index (κ2) is 11.5. The third-order valence-corrected chi connectivity index (χ3v) is 7.38. The number of anilines is 2. The zero-order chi connectivity index (χ0) is 29.1. The highest BCUT2D eigenvalue weighted by molar-refractivity contribution is 7.09. The molecule has 0 radical (unpaired) electrons. The zero-order valence-electron chi connectivity index (χ0n) is 21.8. The van der Waals surface area contributed by atoms with Gasteiger partial charge in [-0.2, -0.15) is 4.37 Å². The molecule has 0 aliphatic carbocycles. The van der Waals surface area contributed by atoms with Crippen molar-refractivity contribution in [3.63, 3.8) is 0 Å². The monoisotopic (exact) mass is 572 g/mol. The van der Waals surface area contributed by atoms with Crippen LogP contribution in [0.4, 0.5) is 15.8 Å². The molecule has 0 bridgehead atoms. The number of nitrogen functional groups attached to an aromatic ring is 1. The van der Waals surface area contributed by atoms with Crippen LogP contribution in [0.3, 0.4) is 0 Å². The fourth-order valence-corrected chi connectivity index (χ4v) is 5.21. The Balaban J connectivity index is 1.65. The quantitative estimate of drug-likeness (QED) is 0.208. The summed E-state index contributed by atoms with van der Waals surface area (Å²) in [6.45, 7) is 0.0805. The SMILES string of the molecule is COc1ccc(N(C(=O)c2snc(C(N)=O)c2N)C(C(=O)NCc2ccc(F)cc2)c2c[nH]c3ccccc23)cc1. The Morgan fingerprint density at radius 2 is 1.78 bits per heavy atom. The van der Waals surface area contributed by atoms with Crippen LogP contribution in [0.15, 0.2) is 79.0 Å². The molecular weight excluding hydrogens is 547 g/mol. The summed E-state index contributed by atoms with van der Waals surface area (Å²) in [6.07, 6.45) is 1.67. The van der Waals surface area contributed by atoms with E-state index in [-0.39, 0.29) is 22.8 Å². The normalized spacial score (nSPS) is 11.7. The van der Waals surface area contributed by atoms with Gasteiger partial charge < -0.3 is 26.5 Å². The number of carbonyl (C=O) groups is 3. The number of nitrogens with zero attached hydrogens (tertiary/aromatic N) is 2. The van der Waals surface area contributed by atoms with Crippen molar-refractivity contribution in [1.82, 2.24) is 14.7 Å². The van der Waals surface area contributed by atoms with E-state index in [9.17, 15) is 18.8 Å². The van der Waals surface area contributed by atoms with Crippen molar-refractivity contribution in [3.8, 4) is 5.75 Å². The van der Waals surface area contributed by atoms with Gasteiger partial charge in [0.2, 0.25) is 5.91 Å². The topological polar surface area (TPSA) is 156 Å². The van der Waals surface area contributed by atoms with Crippen molar-refractivity contribution < 1.29 is 23.5 Å². The first-order valence-corrected chi connectivity index (χ1v) is 13.2. The van der Waals surface area contributed by atoms with E-state index in [1.54, 1.807) is 42.6 Å². The molecule has 1 atom stereocenters. The lowest BCUT2D eigenvalue weighted by Crippen LogP contribution is -2.44. The van der Waals surface area contributed by atoms with E-state index in [0.29, 0.717) is 22.6 Å². The number of fused-ring (bicyclic) bond motifs is 1. The van der Waals surface area contributed by atoms with E-state index in [4.69, 9.17) is 16.2 Å². The highest BCUT2D eigenvalue weighted by Gasteiger charge is 2.37. The summed E-state index contributed by atoms with van der Waals surface area (Å²) >= 11 is 0.718. The van der Waals surface area contributed by atoms with Crippen molar-refractivity contribution in [2.24, 2.45) is 5.73 Å². The lowest BCUT2D eigenvalue weighted by atomic mass is 10.0. The fourth-order valence-electron chi connectivity index (χ4n) is 4.47. The summed E-state index contributed by atoms with van der Waals surface area (Å²) in [5, 5.41) is 3.60. The number of para-hydroxylation sites is 1. The molecule has 0 aliphatic heterocycles. The molecule has 5 rings (SSSR count). The molecule has 5 aromatic rings. The Kier molecular flexibility index (Phi) is 7.66. The third-order valence-electron chi connectivity index (χ3n) is 6.53. The second-order valence-corrected chi connectivity index (χ2v) is 9.82. The lowest BCUT2D eigenvalue weighted by Gasteiger charge is -2.31. The van der Waals surface area contributed by atoms with Gasteiger partial charge in [-0.15, -0.1) is 0 Å². The summed E-state index contributed by atoms with van der Waals surface area (Å²) in [5.41, 5.74) is 13.4. The first-order valence-electron chi connectivity index (χ1n) is 12.4. The van der Waals surface area contributed by atoms with Crippen LogP contribution in [0, 0.1) is 5.82 Å². The summed E-state index contributed by atoms with van der Waals surface area (Å²) in [7, 11) is 1.51. The maximum atomic E-state index is 14.2. The van der Waals surface area contributed by atoms with Gasteiger partial charge >= 0.3 is 0 Å². The van der Waals surface area contributed by atoms with Gasteiger partial charge in [-0.25, -0.2) is 4.39 Å². The molecule has 2 heterocycles. The molecule has 1 unspecified atom stereocenters. The number of hydrogen-bond acceptors (Lipinski definition) is 7. The number of carbonyl (C=O) groups excluding carboxylic acids is 3. The van der Waals surface area contributed by atoms with Crippen LogP contribution >= 0.6 is 11.5 Å². The standard InChI is InChI=1S/C29H25FN6O4S/c1-40-19-12-10-18(11-13-19)36(29(39)26-23(31)24(27(32)37)35-41-26)25(21-15-33-22-5-3-2-4-20(21)22)28(38)34-14-16-6-8-17(30)9-7-16/h2-13,15,25,33H,14,31H2,1H3,(H2,32,37)(H,34,38). The van der Waals surface area contributed by atoms with Crippen molar-refractivity contribution in [2.75, 3.05) is 17.7 Å². The Morgan fingerprint density at radius 3 is 2.44 bits per heavy atom. The van der Waals surface area contributed by atoms with Gasteiger partial charge in [0.05, 0.1) is 12.8 Å². The summed E-state index contributed by atoms with van der Waals surface area (Å²) < 4.78 is 22.7. The second-order valence-electron chi connectivity index (χ2n) is 9.05. The predicted octanol–water partition coefficient (Wildman–Crippen LogP) is 4.16. The van der Waals surface area contributed by atoms with Crippen molar-refractivity contribution >= 4 is 51.5 Å². The molecule has 0 fully saturated rings. The summed E-state index contributed by atoms with van der Waals surface area (Å²) in [4.78, 5) is 44.6. The van der Waals surface area contributed by atoms with Gasteiger partial charge in [-0.1, -0.05) is 30.3 Å². The molecule has 208 valence electrons. The molecule has 0 saturated heterocycles. The number of halogens is 1. The van der Waals surface area contributed by atoms with E-state index in [1.807, 2.05) is 24.3 Å². The van der Waals surface area contributed by atoms with E-state index in [1.165, 1.54) is 24.1 Å². The minimum Gasteiger partial charge on any atom is -0.497 e. The number of H-pyrrole nitrogens is 1. The number of nitrogens with one attached hydrogen (secondary N) is 2. The molecule has 2 aromatic heterocycles. The van der Waals surface area contributed by atoms with Gasteiger partial charge in [0.1, 0.15) is 22.5 Å². The maximum Gasteiger partial charge on any atom is 0.273 e. The van der Waals surface area contributed by atoms with Gasteiger partial charge in [0.15, 0.2) is 5.69 Å². The van der Waals surface area contributed by atoms with Gasteiger partial charge in [-0.05, 0) is 59.6 Å². The van der Waals surface area contributed by atoms with Crippen LogP contribution in [0.5, 0.6) is 5.75 Å². The van der Waals surface area contributed by atoms with Crippen LogP contribution in [0.25, 0.3) is 10.9 Å². The number of ether oxygens (including phenoxy) is 1. The van der Waals surface area contributed by atoms with E-state index < -0.39 is 29.6 Å². The first kappa shape index (κ1) is 27.3. The molecular formula is C29H25FN6O4S. The minimum absolute atomic E-state index is 0.0502. The smallest absolute Gasteiger partial charge is 0.273 e. The maximum absolute atomic E-state index is 14.2. The molecule has 6 N–H and O–H groups in total. The molecule has 3 aromatic carbocycles. The average molecular weight is 573 g/mol. The Morgan fingerprint density at radius 1 is 1.07 bits per heavy atom. The molecule has 3 amide bonds. The highest BCUT2D eigenvalue weighted by Crippen LogP contribution is 2.36. The minimum atomic E-state index is -1.20. The fraction of sp³-hybridized carbons (Fsp3) is 0.103. The molecule has 0 aliphatic rings. The van der Waals surface area contributed by atoms with Crippen LogP contribution in [-0.2, 0) is 11.3 Å². The number of aromatic nitrogens is 2. The van der Waals surface area contributed by atoms with Crippen LogP contribution in [0.1, 0.15) is 37.3 Å². The van der Waals surface area contributed by atoms with E-state index in [2.05, 4.69) is 14.7 Å². The molecule has 10 nitrogen and oxygen atoms in total. The van der Waals surface area contributed by atoms with Crippen LogP contribution in [0.2, 0.25) is 0 Å². The average Bonchev–Trinajstić information content (AvgIpc) is 3.59. The number of amides is 3. The number of nitrogens with two attached hydrogens (primary N) is 2. The number of primary amides is 1. The Labute approximate surface area is 237 Å². The van der Waals surface area contributed by atoms with Crippen LogP contribution < -0.4 is 26.4 Å². The van der Waals surface area contributed by atoms with Crippen LogP contribution in [-0.4, -0.2) is 34.2 Å². The highest BCUT2D eigenvalue weighted by atomic mass is 32.1.